The maximum atomic E-state index is 12.1. The van der Waals surface area contributed by atoms with Crippen LogP contribution in [0.2, 0.25) is 0 Å². The normalized spacial score (nSPS) is 11.6. The molecule has 0 aliphatic rings. The standard InChI is InChI=1S/C11H14N4O2S2/c12-7-9-1-3-10(4-2-9)19(16,17)6-5-18-11-13-8-14-15-11/h1-4,8H,5-7,12H2,(H,13,14,15). The van der Waals surface area contributed by atoms with Crippen molar-refractivity contribution in [2.75, 3.05) is 11.5 Å². The van der Waals surface area contributed by atoms with Crippen LogP contribution in [0, 0.1) is 0 Å². The molecule has 0 bridgehead atoms. The third-order valence-electron chi connectivity index (χ3n) is 2.50. The van der Waals surface area contributed by atoms with Crippen LogP contribution in [-0.2, 0) is 16.4 Å². The minimum atomic E-state index is -3.26. The summed E-state index contributed by atoms with van der Waals surface area (Å²) in [4.78, 5) is 4.24. The van der Waals surface area contributed by atoms with Crippen LogP contribution in [0.1, 0.15) is 5.56 Å². The van der Waals surface area contributed by atoms with Crippen molar-refractivity contribution in [3.05, 3.63) is 36.2 Å². The molecule has 0 saturated carbocycles. The zero-order valence-corrected chi connectivity index (χ0v) is 11.7. The molecule has 1 aromatic carbocycles. The molecule has 19 heavy (non-hydrogen) atoms. The molecule has 0 unspecified atom stereocenters. The van der Waals surface area contributed by atoms with E-state index in [2.05, 4.69) is 15.2 Å². The summed E-state index contributed by atoms with van der Waals surface area (Å²) in [5.74, 6) is 0.483. The molecule has 0 saturated heterocycles. The maximum absolute atomic E-state index is 12.1. The molecular weight excluding hydrogens is 284 g/mol. The highest BCUT2D eigenvalue weighted by Crippen LogP contribution is 2.16. The van der Waals surface area contributed by atoms with Crippen molar-refractivity contribution in [1.82, 2.24) is 15.2 Å². The minimum absolute atomic E-state index is 0.0559. The zero-order valence-electron chi connectivity index (χ0n) is 10.1. The van der Waals surface area contributed by atoms with Gasteiger partial charge in [0.15, 0.2) is 15.0 Å². The maximum Gasteiger partial charge on any atom is 0.183 e. The van der Waals surface area contributed by atoms with Gasteiger partial charge in [0.25, 0.3) is 0 Å². The van der Waals surface area contributed by atoms with Crippen LogP contribution in [0.4, 0.5) is 0 Å². The van der Waals surface area contributed by atoms with Crippen LogP contribution < -0.4 is 5.73 Å². The van der Waals surface area contributed by atoms with Crippen molar-refractivity contribution >= 4 is 21.6 Å². The Morgan fingerprint density at radius 2 is 2.00 bits per heavy atom. The van der Waals surface area contributed by atoms with Gasteiger partial charge in [0.2, 0.25) is 0 Å². The number of rotatable bonds is 6. The van der Waals surface area contributed by atoms with Gasteiger partial charge in [0, 0.05) is 12.3 Å². The van der Waals surface area contributed by atoms with Crippen LogP contribution in [0.5, 0.6) is 0 Å². The molecule has 3 N–H and O–H groups in total. The number of H-pyrrole nitrogens is 1. The number of benzene rings is 1. The summed E-state index contributed by atoms with van der Waals surface area (Å²) in [5, 5.41) is 6.99. The Hall–Kier alpha value is -1.38. The lowest BCUT2D eigenvalue weighted by atomic mass is 10.2. The fourth-order valence-electron chi connectivity index (χ4n) is 1.46. The van der Waals surface area contributed by atoms with Gasteiger partial charge in [0.1, 0.15) is 6.33 Å². The van der Waals surface area contributed by atoms with Crippen molar-refractivity contribution in [3.8, 4) is 0 Å². The van der Waals surface area contributed by atoms with E-state index in [9.17, 15) is 8.42 Å². The van der Waals surface area contributed by atoms with Crippen molar-refractivity contribution < 1.29 is 8.42 Å². The van der Waals surface area contributed by atoms with Gasteiger partial charge in [0.05, 0.1) is 10.6 Å². The van der Waals surface area contributed by atoms with E-state index in [1.807, 2.05) is 0 Å². The van der Waals surface area contributed by atoms with Crippen LogP contribution in [0.3, 0.4) is 0 Å². The van der Waals surface area contributed by atoms with Crippen molar-refractivity contribution in [3.63, 3.8) is 0 Å². The van der Waals surface area contributed by atoms with E-state index >= 15 is 0 Å². The van der Waals surface area contributed by atoms with Crippen molar-refractivity contribution in [2.45, 2.75) is 16.6 Å². The molecule has 8 heteroatoms. The van der Waals surface area contributed by atoms with Gasteiger partial charge in [-0.1, -0.05) is 23.9 Å². The molecule has 0 radical (unpaired) electrons. The molecule has 1 heterocycles. The van der Waals surface area contributed by atoms with E-state index in [0.717, 1.165) is 5.56 Å². The first kappa shape index (κ1) is 14.0. The van der Waals surface area contributed by atoms with Gasteiger partial charge in [-0.15, -0.1) is 0 Å². The highest BCUT2D eigenvalue weighted by molar-refractivity contribution is 8.00. The Morgan fingerprint density at radius 3 is 2.58 bits per heavy atom. The molecule has 0 aliphatic carbocycles. The van der Waals surface area contributed by atoms with E-state index in [0.29, 0.717) is 22.3 Å². The van der Waals surface area contributed by atoms with E-state index in [-0.39, 0.29) is 5.75 Å². The summed E-state index contributed by atoms with van der Waals surface area (Å²) in [6.45, 7) is 0.404. The number of aromatic nitrogens is 3. The van der Waals surface area contributed by atoms with Gasteiger partial charge < -0.3 is 5.73 Å². The number of nitrogens with one attached hydrogen (secondary N) is 1. The van der Waals surface area contributed by atoms with Crippen LogP contribution >= 0.6 is 11.8 Å². The van der Waals surface area contributed by atoms with Gasteiger partial charge in [-0.25, -0.2) is 13.4 Å². The van der Waals surface area contributed by atoms with E-state index < -0.39 is 9.84 Å². The molecule has 0 fully saturated rings. The van der Waals surface area contributed by atoms with Gasteiger partial charge in [-0.2, -0.15) is 5.10 Å². The van der Waals surface area contributed by atoms with Gasteiger partial charge in [-0.05, 0) is 17.7 Å². The molecule has 2 aromatic rings. The first-order valence-corrected chi connectivity index (χ1v) is 8.25. The fourth-order valence-corrected chi connectivity index (χ4v) is 3.89. The minimum Gasteiger partial charge on any atom is -0.326 e. The van der Waals surface area contributed by atoms with Gasteiger partial charge >= 0.3 is 0 Å². The first-order chi connectivity index (χ1) is 9.12. The Kier molecular flexibility index (Phi) is 4.56. The average Bonchev–Trinajstić information content (AvgIpc) is 2.92. The summed E-state index contributed by atoms with van der Waals surface area (Å²) in [6.07, 6.45) is 1.39. The second kappa shape index (κ2) is 6.18. The molecule has 0 aliphatic heterocycles. The number of sulfone groups is 1. The molecule has 2 rings (SSSR count). The Balaban J connectivity index is 1.97. The molecule has 6 nitrogen and oxygen atoms in total. The number of hydrogen-bond acceptors (Lipinski definition) is 6. The number of hydrogen-bond donors (Lipinski definition) is 2. The second-order valence-corrected chi connectivity index (χ2v) is 7.00. The van der Waals surface area contributed by atoms with E-state index in [1.165, 1.54) is 18.1 Å². The lowest BCUT2D eigenvalue weighted by Gasteiger charge is -2.04. The summed E-state index contributed by atoms with van der Waals surface area (Å²) < 4.78 is 24.1. The smallest absolute Gasteiger partial charge is 0.183 e. The predicted molar refractivity (Wildman–Crippen MR) is 73.5 cm³/mol. The number of nitrogens with zero attached hydrogens (tertiary/aromatic N) is 2. The second-order valence-electron chi connectivity index (χ2n) is 3.81. The number of nitrogens with two attached hydrogens (primary N) is 1. The zero-order chi connectivity index (χ0) is 13.7. The highest BCUT2D eigenvalue weighted by Gasteiger charge is 2.14. The topological polar surface area (TPSA) is 102 Å². The SMILES string of the molecule is NCc1ccc(S(=O)(=O)CCSc2ncn[nH]2)cc1. The van der Waals surface area contributed by atoms with Gasteiger partial charge in [-0.3, -0.25) is 5.10 Å². The van der Waals surface area contributed by atoms with Crippen molar-refractivity contribution in [1.29, 1.82) is 0 Å². The summed E-state index contributed by atoms with van der Waals surface area (Å²) in [6, 6.07) is 6.65. The monoisotopic (exact) mass is 298 g/mol. The lowest BCUT2D eigenvalue weighted by molar-refractivity contribution is 0.597. The largest absolute Gasteiger partial charge is 0.326 e. The number of aromatic amines is 1. The lowest BCUT2D eigenvalue weighted by Crippen LogP contribution is -2.09. The Bertz CT molecular complexity index is 609. The summed E-state index contributed by atoms with van der Waals surface area (Å²) >= 11 is 1.33. The fraction of sp³-hybridized carbons (Fsp3) is 0.273. The summed E-state index contributed by atoms with van der Waals surface area (Å²) in [7, 11) is -3.26. The van der Waals surface area contributed by atoms with Crippen LogP contribution in [0.15, 0.2) is 40.6 Å². The highest BCUT2D eigenvalue weighted by atomic mass is 32.2. The predicted octanol–water partition coefficient (Wildman–Crippen LogP) is 0.829. The van der Waals surface area contributed by atoms with E-state index in [1.54, 1.807) is 24.3 Å². The molecule has 0 atom stereocenters. The summed E-state index contributed by atoms with van der Waals surface area (Å²) in [5.41, 5.74) is 6.39. The first-order valence-electron chi connectivity index (χ1n) is 5.62. The van der Waals surface area contributed by atoms with Crippen LogP contribution in [-0.4, -0.2) is 35.1 Å². The Morgan fingerprint density at radius 1 is 1.26 bits per heavy atom. The Labute approximate surface area is 115 Å². The van der Waals surface area contributed by atoms with Crippen molar-refractivity contribution in [2.24, 2.45) is 5.73 Å². The molecule has 1 aromatic heterocycles. The number of thioether (sulfide) groups is 1. The molecule has 102 valence electrons. The molecular formula is C11H14N4O2S2. The molecule has 0 amide bonds. The average molecular weight is 298 g/mol. The van der Waals surface area contributed by atoms with Crippen LogP contribution in [0.25, 0.3) is 0 Å². The third-order valence-corrected chi connectivity index (χ3v) is 5.37. The molecule has 0 spiro atoms. The van der Waals surface area contributed by atoms with E-state index in [4.69, 9.17) is 5.73 Å². The third kappa shape index (κ3) is 3.79. The quantitative estimate of drug-likeness (QED) is 0.766.